The number of hydrogen-bond donors (Lipinski definition) is 1. The van der Waals surface area contributed by atoms with Crippen molar-refractivity contribution >= 4 is 23.2 Å². The quantitative estimate of drug-likeness (QED) is 0.644. The molecule has 1 fully saturated rings. The first-order chi connectivity index (χ1) is 9.08. The zero-order valence-corrected chi connectivity index (χ0v) is 11.8. The third-order valence-electron chi connectivity index (χ3n) is 3.19. The van der Waals surface area contributed by atoms with Gasteiger partial charge in [0.25, 0.3) is 5.91 Å². The predicted octanol–water partition coefficient (Wildman–Crippen LogP) is 2.42. The lowest BCUT2D eigenvalue weighted by molar-refractivity contribution is 0.0681. The number of nitrogens with zero attached hydrogens (tertiary/aromatic N) is 1. The highest BCUT2D eigenvalue weighted by atomic mass is 35.5. The fourth-order valence-electron chi connectivity index (χ4n) is 1.75. The predicted molar refractivity (Wildman–Crippen MR) is 76.4 cm³/mol. The molecule has 1 aromatic carbocycles. The van der Waals surface area contributed by atoms with E-state index in [1.165, 1.54) is 12.8 Å². The van der Waals surface area contributed by atoms with Crippen molar-refractivity contribution in [3.8, 4) is 0 Å². The normalized spacial score (nSPS) is 14.4. The van der Waals surface area contributed by atoms with E-state index in [9.17, 15) is 4.79 Å². The van der Waals surface area contributed by atoms with Gasteiger partial charge in [-0.25, -0.2) is 0 Å². The van der Waals surface area contributed by atoms with Gasteiger partial charge in [-0.1, -0.05) is 11.6 Å². The summed E-state index contributed by atoms with van der Waals surface area (Å²) < 4.78 is 5.52. The molecular weight excluding hydrogens is 264 g/mol. The minimum Gasteiger partial charge on any atom is -0.399 e. The van der Waals surface area contributed by atoms with Crippen molar-refractivity contribution in [1.29, 1.82) is 0 Å². The van der Waals surface area contributed by atoms with Gasteiger partial charge < -0.3 is 15.4 Å². The van der Waals surface area contributed by atoms with Crippen molar-refractivity contribution in [2.75, 3.05) is 32.5 Å². The average molecular weight is 283 g/mol. The Bertz CT molecular complexity index is 461. The lowest BCUT2D eigenvalue weighted by atomic mass is 10.2. The number of carbonyl (C=O) groups excluding carboxylic acids is 1. The second-order valence-corrected chi connectivity index (χ2v) is 5.39. The molecular formula is C14H19ClN2O2. The first kappa shape index (κ1) is 14.2. The molecule has 5 heteroatoms. The van der Waals surface area contributed by atoms with Gasteiger partial charge in [0.15, 0.2) is 0 Å². The highest BCUT2D eigenvalue weighted by Crippen LogP contribution is 2.28. The molecule has 0 aliphatic heterocycles. The SMILES string of the molecule is CN(CCOCC1CC1)C(=O)c1cc(N)ccc1Cl. The first-order valence-electron chi connectivity index (χ1n) is 6.46. The van der Waals surface area contributed by atoms with Crippen LogP contribution in [0.25, 0.3) is 0 Å². The maximum atomic E-state index is 12.2. The van der Waals surface area contributed by atoms with Gasteiger partial charge in [0.1, 0.15) is 0 Å². The molecule has 2 rings (SSSR count). The van der Waals surface area contributed by atoms with Crippen LogP contribution in [0.4, 0.5) is 5.69 Å². The number of halogens is 1. The molecule has 0 saturated heterocycles. The molecule has 1 aromatic rings. The smallest absolute Gasteiger partial charge is 0.255 e. The van der Waals surface area contributed by atoms with E-state index < -0.39 is 0 Å². The van der Waals surface area contributed by atoms with Crippen LogP contribution in [0.3, 0.4) is 0 Å². The summed E-state index contributed by atoms with van der Waals surface area (Å²) in [7, 11) is 1.74. The fourth-order valence-corrected chi connectivity index (χ4v) is 1.95. The number of nitrogen functional groups attached to an aromatic ring is 1. The molecule has 0 radical (unpaired) electrons. The van der Waals surface area contributed by atoms with Gasteiger partial charge in [-0.3, -0.25) is 4.79 Å². The maximum absolute atomic E-state index is 12.2. The van der Waals surface area contributed by atoms with Crippen LogP contribution in [0.5, 0.6) is 0 Å². The molecule has 0 spiro atoms. The summed E-state index contributed by atoms with van der Waals surface area (Å²) >= 11 is 6.01. The number of amides is 1. The van der Waals surface area contributed by atoms with E-state index >= 15 is 0 Å². The maximum Gasteiger partial charge on any atom is 0.255 e. The third-order valence-corrected chi connectivity index (χ3v) is 3.52. The highest BCUT2D eigenvalue weighted by Gasteiger charge is 2.21. The zero-order chi connectivity index (χ0) is 13.8. The summed E-state index contributed by atoms with van der Waals surface area (Å²) in [5.74, 6) is 0.608. The van der Waals surface area contributed by atoms with Gasteiger partial charge in [-0.15, -0.1) is 0 Å². The summed E-state index contributed by atoms with van der Waals surface area (Å²) in [5, 5.41) is 0.421. The van der Waals surface area contributed by atoms with Gasteiger partial charge in [0.05, 0.1) is 17.2 Å². The Morgan fingerprint density at radius 1 is 1.53 bits per heavy atom. The van der Waals surface area contributed by atoms with Crippen LogP contribution in [-0.4, -0.2) is 37.6 Å². The minimum atomic E-state index is -0.132. The third kappa shape index (κ3) is 4.11. The van der Waals surface area contributed by atoms with E-state index in [0.717, 1.165) is 12.5 Å². The molecule has 4 nitrogen and oxygen atoms in total. The van der Waals surface area contributed by atoms with Crippen molar-refractivity contribution in [2.45, 2.75) is 12.8 Å². The van der Waals surface area contributed by atoms with Gasteiger partial charge in [0, 0.05) is 25.9 Å². The Balaban J connectivity index is 1.84. The Morgan fingerprint density at radius 3 is 2.95 bits per heavy atom. The van der Waals surface area contributed by atoms with Crippen LogP contribution in [0, 0.1) is 5.92 Å². The number of carbonyl (C=O) groups is 1. The Morgan fingerprint density at radius 2 is 2.26 bits per heavy atom. The topological polar surface area (TPSA) is 55.6 Å². The summed E-state index contributed by atoms with van der Waals surface area (Å²) in [6.07, 6.45) is 2.54. The van der Waals surface area contributed by atoms with Crippen LogP contribution in [0.15, 0.2) is 18.2 Å². The molecule has 0 bridgehead atoms. The van der Waals surface area contributed by atoms with Crippen LogP contribution in [0.2, 0.25) is 5.02 Å². The second kappa shape index (κ2) is 6.26. The van der Waals surface area contributed by atoms with Crippen molar-refractivity contribution in [2.24, 2.45) is 5.92 Å². The van der Waals surface area contributed by atoms with E-state index in [4.69, 9.17) is 22.1 Å². The van der Waals surface area contributed by atoms with E-state index in [1.54, 1.807) is 30.1 Å². The van der Waals surface area contributed by atoms with Crippen molar-refractivity contribution in [3.05, 3.63) is 28.8 Å². The van der Waals surface area contributed by atoms with Crippen LogP contribution in [0.1, 0.15) is 23.2 Å². The molecule has 19 heavy (non-hydrogen) atoms. The fraction of sp³-hybridized carbons (Fsp3) is 0.500. The molecule has 1 aliphatic rings. The molecule has 0 aromatic heterocycles. The van der Waals surface area contributed by atoms with Crippen LogP contribution < -0.4 is 5.73 Å². The molecule has 104 valence electrons. The molecule has 1 saturated carbocycles. The molecule has 0 unspecified atom stereocenters. The summed E-state index contributed by atoms with van der Waals surface area (Å²) in [6, 6.07) is 4.92. The van der Waals surface area contributed by atoms with E-state index in [2.05, 4.69) is 0 Å². The highest BCUT2D eigenvalue weighted by molar-refractivity contribution is 6.33. The Labute approximate surface area is 118 Å². The largest absolute Gasteiger partial charge is 0.399 e. The number of anilines is 1. The molecule has 1 aliphatic carbocycles. The van der Waals surface area contributed by atoms with Crippen molar-refractivity contribution < 1.29 is 9.53 Å². The number of nitrogens with two attached hydrogens (primary N) is 1. The number of ether oxygens (including phenoxy) is 1. The molecule has 1 amide bonds. The first-order valence-corrected chi connectivity index (χ1v) is 6.84. The van der Waals surface area contributed by atoms with E-state index in [1.807, 2.05) is 0 Å². The van der Waals surface area contributed by atoms with Gasteiger partial charge in [0.2, 0.25) is 0 Å². The number of likely N-dealkylation sites (N-methyl/N-ethyl adjacent to an activating group) is 1. The van der Waals surface area contributed by atoms with Crippen LogP contribution >= 0.6 is 11.6 Å². The number of rotatable bonds is 6. The molecule has 0 atom stereocenters. The summed E-state index contributed by atoms with van der Waals surface area (Å²) in [4.78, 5) is 13.8. The van der Waals surface area contributed by atoms with Gasteiger partial charge in [-0.2, -0.15) is 0 Å². The summed E-state index contributed by atoms with van der Waals surface area (Å²) in [5.41, 5.74) is 6.64. The standard InChI is InChI=1S/C14H19ClN2O2/c1-17(6-7-19-9-10-2-3-10)14(18)12-8-11(16)4-5-13(12)15/h4-5,8,10H,2-3,6-7,9,16H2,1H3. The average Bonchev–Trinajstić information content (AvgIpc) is 3.20. The minimum absolute atomic E-state index is 0.132. The lowest BCUT2D eigenvalue weighted by Crippen LogP contribution is -2.30. The van der Waals surface area contributed by atoms with Crippen molar-refractivity contribution in [1.82, 2.24) is 4.90 Å². The Hall–Kier alpha value is -1.26. The lowest BCUT2D eigenvalue weighted by Gasteiger charge is -2.18. The molecule has 2 N–H and O–H groups in total. The number of hydrogen-bond acceptors (Lipinski definition) is 3. The van der Waals surface area contributed by atoms with Gasteiger partial charge >= 0.3 is 0 Å². The Kier molecular flexibility index (Phi) is 4.66. The van der Waals surface area contributed by atoms with E-state index in [0.29, 0.717) is 29.4 Å². The zero-order valence-electron chi connectivity index (χ0n) is 11.1. The van der Waals surface area contributed by atoms with Crippen molar-refractivity contribution in [3.63, 3.8) is 0 Å². The number of benzene rings is 1. The molecule has 0 heterocycles. The monoisotopic (exact) mass is 282 g/mol. The second-order valence-electron chi connectivity index (χ2n) is 4.98. The van der Waals surface area contributed by atoms with Crippen LogP contribution in [-0.2, 0) is 4.74 Å². The summed E-state index contributed by atoms with van der Waals surface area (Å²) in [6.45, 7) is 1.91. The van der Waals surface area contributed by atoms with E-state index in [-0.39, 0.29) is 5.91 Å². The van der Waals surface area contributed by atoms with Gasteiger partial charge in [-0.05, 0) is 37.0 Å².